The SMILES string of the molecule is C[C@@H]1CCCCN1C(=O)CN1C(=O)N[C@@](C)(c2cc(F)ccc2F)C1=O. The Labute approximate surface area is 150 Å². The Morgan fingerprint density at radius 1 is 1.31 bits per heavy atom. The summed E-state index contributed by atoms with van der Waals surface area (Å²) < 4.78 is 27.7. The van der Waals surface area contributed by atoms with Gasteiger partial charge in [-0.25, -0.2) is 13.6 Å². The lowest BCUT2D eigenvalue weighted by Crippen LogP contribution is -2.48. The van der Waals surface area contributed by atoms with Gasteiger partial charge < -0.3 is 10.2 Å². The van der Waals surface area contributed by atoms with E-state index in [4.69, 9.17) is 0 Å². The van der Waals surface area contributed by atoms with Crippen molar-refractivity contribution >= 4 is 17.8 Å². The van der Waals surface area contributed by atoms with E-state index in [2.05, 4.69) is 5.32 Å². The van der Waals surface area contributed by atoms with Crippen LogP contribution in [0.1, 0.15) is 38.7 Å². The van der Waals surface area contributed by atoms with Crippen molar-refractivity contribution in [3.63, 3.8) is 0 Å². The van der Waals surface area contributed by atoms with Gasteiger partial charge in [0.2, 0.25) is 5.91 Å². The molecule has 6 nitrogen and oxygen atoms in total. The molecule has 2 aliphatic heterocycles. The van der Waals surface area contributed by atoms with Crippen molar-refractivity contribution in [2.75, 3.05) is 13.1 Å². The molecule has 2 aliphatic rings. The molecule has 26 heavy (non-hydrogen) atoms. The average Bonchev–Trinajstić information content (AvgIpc) is 2.81. The van der Waals surface area contributed by atoms with Crippen LogP contribution in [0, 0.1) is 11.6 Å². The largest absolute Gasteiger partial charge is 0.338 e. The van der Waals surface area contributed by atoms with Gasteiger partial charge in [-0.1, -0.05) is 0 Å². The number of hydrogen-bond donors (Lipinski definition) is 1. The summed E-state index contributed by atoms with van der Waals surface area (Å²) in [5.41, 5.74) is -2.02. The number of nitrogens with one attached hydrogen (secondary N) is 1. The number of rotatable bonds is 3. The molecule has 140 valence electrons. The standard InChI is InChI=1S/C18H21F2N3O3/c1-11-5-3-4-8-22(11)15(24)10-23-16(25)18(2,21-17(23)26)13-9-12(19)6-7-14(13)20/h6-7,9,11H,3-5,8,10H2,1-2H3,(H,21,26)/t11-,18+/m1/s1. The molecule has 0 radical (unpaired) electrons. The van der Waals surface area contributed by atoms with Crippen molar-refractivity contribution in [2.45, 2.75) is 44.7 Å². The van der Waals surface area contributed by atoms with Gasteiger partial charge in [0, 0.05) is 18.2 Å². The number of benzene rings is 1. The van der Waals surface area contributed by atoms with Crippen molar-refractivity contribution in [1.29, 1.82) is 0 Å². The van der Waals surface area contributed by atoms with E-state index >= 15 is 0 Å². The molecule has 1 N–H and O–H groups in total. The zero-order chi connectivity index (χ0) is 19.1. The maximum Gasteiger partial charge on any atom is 0.325 e. The Morgan fingerprint density at radius 2 is 2.04 bits per heavy atom. The second kappa shape index (κ2) is 6.66. The van der Waals surface area contributed by atoms with Gasteiger partial charge in [0.25, 0.3) is 5.91 Å². The fraction of sp³-hybridized carbons (Fsp3) is 0.500. The van der Waals surface area contributed by atoms with Crippen LogP contribution < -0.4 is 5.32 Å². The van der Waals surface area contributed by atoms with Gasteiger partial charge in [0.1, 0.15) is 23.7 Å². The summed E-state index contributed by atoms with van der Waals surface area (Å²) in [7, 11) is 0. The third kappa shape index (κ3) is 3.04. The number of likely N-dealkylation sites (tertiary alicyclic amines) is 1. The number of urea groups is 1. The first-order chi connectivity index (χ1) is 12.2. The molecule has 1 aromatic rings. The first-order valence-electron chi connectivity index (χ1n) is 8.63. The number of carbonyl (C=O) groups excluding carboxylic acids is 3. The number of hydrogen-bond acceptors (Lipinski definition) is 3. The molecule has 0 spiro atoms. The molecule has 0 aliphatic carbocycles. The van der Waals surface area contributed by atoms with Crippen LogP contribution in [0.25, 0.3) is 0 Å². The summed E-state index contributed by atoms with van der Waals surface area (Å²) in [4.78, 5) is 40.0. The maximum atomic E-state index is 14.1. The van der Waals surface area contributed by atoms with E-state index < -0.39 is 35.7 Å². The van der Waals surface area contributed by atoms with E-state index in [0.717, 1.165) is 42.4 Å². The minimum Gasteiger partial charge on any atom is -0.338 e. The molecule has 1 aromatic carbocycles. The molecule has 8 heteroatoms. The number of halogens is 2. The predicted octanol–water partition coefficient (Wildman–Crippen LogP) is 2.13. The smallest absolute Gasteiger partial charge is 0.325 e. The van der Waals surface area contributed by atoms with Crippen LogP contribution in [0.3, 0.4) is 0 Å². The summed E-state index contributed by atoms with van der Waals surface area (Å²) in [6, 6.07) is 1.97. The van der Waals surface area contributed by atoms with E-state index in [1.807, 2.05) is 6.92 Å². The summed E-state index contributed by atoms with van der Waals surface area (Å²) in [6.45, 7) is 3.40. The molecule has 3 rings (SSSR count). The highest BCUT2D eigenvalue weighted by Gasteiger charge is 2.51. The van der Waals surface area contributed by atoms with Crippen molar-refractivity contribution in [2.24, 2.45) is 0 Å². The number of piperidine rings is 1. The van der Waals surface area contributed by atoms with E-state index in [1.54, 1.807) is 4.90 Å². The number of imide groups is 1. The van der Waals surface area contributed by atoms with E-state index in [0.29, 0.717) is 6.54 Å². The lowest BCUT2D eigenvalue weighted by molar-refractivity contribution is -0.140. The summed E-state index contributed by atoms with van der Waals surface area (Å²) in [6.07, 6.45) is 2.78. The summed E-state index contributed by atoms with van der Waals surface area (Å²) in [5, 5.41) is 2.39. The van der Waals surface area contributed by atoms with Gasteiger partial charge in [0.15, 0.2) is 0 Å². The van der Waals surface area contributed by atoms with Crippen LogP contribution in [-0.2, 0) is 15.1 Å². The van der Waals surface area contributed by atoms with Crippen LogP contribution in [0.5, 0.6) is 0 Å². The quantitative estimate of drug-likeness (QED) is 0.835. The Hall–Kier alpha value is -2.51. The van der Waals surface area contributed by atoms with Crippen LogP contribution in [0.15, 0.2) is 18.2 Å². The molecule has 2 heterocycles. The van der Waals surface area contributed by atoms with Gasteiger partial charge in [0.05, 0.1) is 0 Å². The predicted molar refractivity (Wildman–Crippen MR) is 89.0 cm³/mol. The third-order valence-corrected chi connectivity index (χ3v) is 5.16. The fourth-order valence-corrected chi connectivity index (χ4v) is 3.60. The molecular weight excluding hydrogens is 344 g/mol. The fourth-order valence-electron chi connectivity index (χ4n) is 3.60. The molecule has 4 amide bonds. The molecule has 2 atom stereocenters. The second-order valence-corrected chi connectivity index (χ2v) is 7.00. The topological polar surface area (TPSA) is 69.7 Å². The Balaban J connectivity index is 1.82. The molecular formula is C18H21F2N3O3. The van der Waals surface area contributed by atoms with Crippen LogP contribution >= 0.6 is 0 Å². The molecule has 0 bridgehead atoms. The Bertz CT molecular complexity index is 770. The van der Waals surface area contributed by atoms with Crippen LogP contribution in [0.4, 0.5) is 13.6 Å². The molecule has 0 unspecified atom stereocenters. The maximum absolute atomic E-state index is 14.1. The van der Waals surface area contributed by atoms with Gasteiger partial charge in [-0.3, -0.25) is 14.5 Å². The zero-order valence-corrected chi connectivity index (χ0v) is 14.7. The minimum atomic E-state index is -1.75. The molecule has 2 fully saturated rings. The van der Waals surface area contributed by atoms with Crippen LogP contribution in [-0.4, -0.2) is 46.8 Å². The first kappa shape index (κ1) is 18.3. The lowest BCUT2D eigenvalue weighted by atomic mass is 9.91. The second-order valence-electron chi connectivity index (χ2n) is 7.00. The zero-order valence-electron chi connectivity index (χ0n) is 14.7. The highest BCUT2D eigenvalue weighted by Crippen LogP contribution is 2.31. The third-order valence-electron chi connectivity index (χ3n) is 5.16. The van der Waals surface area contributed by atoms with E-state index in [1.165, 1.54) is 6.92 Å². The minimum absolute atomic E-state index is 0.0454. The van der Waals surface area contributed by atoms with Gasteiger partial charge in [-0.05, 0) is 51.3 Å². The molecule has 0 aromatic heterocycles. The Kier molecular flexibility index (Phi) is 4.68. The average molecular weight is 365 g/mol. The number of nitrogens with zero attached hydrogens (tertiary/aromatic N) is 2. The highest BCUT2D eigenvalue weighted by atomic mass is 19.1. The van der Waals surface area contributed by atoms with Crippen molar-refractivity contribution in [3.8, 4) is 0 Å². The van der Waals surface area contributed by atoms with Crippen molar-refractivity contribution in [1.82, 2.24) is 15.1 Å². The van der Waals surface area contributed by atoms with E-state index in [-0.39, 0.29) is 17.5 Å². The monoisotopic (exact) mass is 365 g/mol. The lowest BCUT2D eigenvalue weighted by Gasteiger charge is -2.34. The number of carbonyl (C=O) groups is 3. The summed E-state index contributed by atoms with van der Waals surface area (Å²) >= 11 is 0. The molecule has 2 saturated heterocycles. The normalized spacial score (nSPS) is 26.2. The first-order valence-corrected chi connectivity index (χ1v) is 8.63. The van der Waals surface area contributed by atoms with Gasteiger partial charge in [-0.2, -0.15) is 0 Å². The van der Waals surface area contributed by atoms with Crippen molar-refractivity contribution in [3.05, 3.63) is 35.4 Å². The summed E-state index contributed by atoms with van der Waals surface area (Å²) in [5.74, 6) is -2.63. The van der Waals surface area contributed by atoms with Crippen molar-refractivity contribution < 1.29 is 23.2 Å². The Morgan fingerprint density at radius 3 is 2.73 bits per heavy atom. The highest BCUT2D eigenvalue weighted by molar-refractivity contribution is 6.09. The number of amides is 4. The van der Waals surface area contributed by atoms with Gasteiger partial charge >= 0.3 is 6.03 Å². The van der Waals surface area contributed by atoms with Crippen LogP contribution in [0.2, 0.25) is 0 Å². The molecule has 0 saturated carbocycles. The van der Waals surface area contributed by atoms with E-state index in [9.17, 15) is 23.2 Å². The van der Waals surface area contributed by atoms with Gasteiger partial charge in [-0.15, -0.1) is 0 Å².